The molecule has 3 rings (SSSR count). The van der Waals surface area contributed by atoms with Gasteiger partial charge in [-0.2, -0.15) is 4.98 Å². The third-order valence-electron chi connectivity index (χ3n) is 3.45. The van der Waals surface area contributed by atoms with E-state index in [2.05, 4.69) is 15.1 Å². The molecule has 6 heteroatoms. The van der Waals surface area contributed by atoms with Crippen molar-refractivity contribution in [1.29, 1.82) is 0 Å². The molecule has 2 aromatic rings. The van der Waals surface area contributed by atoms with Crippen molar-refractivity contribution < 1.29 is 4.52 Å². The van der Waals surface area contributed by atoms with E-state index in [1.54, 1.807) is 17.5 Å². The first-order valence-electron chi connectivity index (χ1n) is 6.23. The van der Waals surface area contributed by atoms with Gasteiger partial charge in [-0.3, -0.25) is 0 Å². The number of nitrogens with two attached hydrogens (primary N) is 1. The first kappa shape index (κ1) is 11.8. The molecule has 0 amide bonds. The largest absolute Gasteiger partial charge is 0.333 e. The second-order valence-corrected chi connectivity index (χ2v) is 6.12. The van der Waals surface area contributed by atoms with Gasteiger partial charge in [-0.15, -0.1) is 11.3 Å². The van der Waals surface area contributed by atoms with E-state index in [0.717, 1.165) is 35.6 Å². The fourth-order valence-electron chi connectivity index (χ4n) is 2.39. The van der Waals surface area contributed by atoms with Crippen LogP contribution in [0.1, 0.15) is 42.9 Å². The molecule has 2 aromatic heterocycles. The van der Waals surface area contributed by atoms with Gasteiger partial charge in [-0.25, -0.2) is 4.98 Å². The standard InChI is InChI=1S/C12H16N4OS/c1-8-14-7-9(18-8)10-15-11(16-17-10)12(13)5-3-2-4-6-12/h7H,2-6,13H2,1H3. The molecule has 18 heavy (non-hydrogen) atoms. The Kier molecular flexibility index (Phi) is 2.91. The lowest BCUT2D eigenvalue weighted by atomic mass is 9.82. The predicted octanol–water partition coefficient (Wildman–Crippen LogP) is 2.62. The zero-order chi connectivity index (χ0) is 12.6. The molecule has 0 atom stereocenters. The van der Waals surface area contributed by atoms with Crippen molar-refractivity contribution in [1.82, 2.24) is 15.1 Å². The Labute approximate surface area is 109 Å². The third-order valence-corrected chi connectivity index (χ3v) is 4.35. The highest BCUT2D eigenvalue weighted by atomic mass is 32.1. The molecule has 2 N–H and O–H groups in total. The van der Waals surface area contributed by atoms with E-state index in [4.69, 9.17) is 10.3 Å². The van der Waals surface area contributed by atoms with Gasteiger partial charge >= 0.3 is 0 Å². The molecule has 2 heterocycles. The summed E-state index contributed by atoms with van der Waals surface area (Å²) >= 11 is 1.55. The molecule has 0 spiro atoms. The van der Waals surface area contributed by atoms with Crippen LogP contribution >= 0.6 is 11.3 Å². The summed E-state index contributed by atoms with van der Waals surface area (Å²) in [5.41, 5.74) is 5.98. The second-order valence-electron chi connectivity index (χ2n) is 4.88. The van der Waals surface area contributed by atoms with Crippen LogP contribution in [0.25, 0.3) is 10.8 Å². The Morgan fingerprint density at radius 2 is 2.11 bits per heavy atom. The van der Waals surface area contributed by atoms with E-state index in [0.29, 0.717) is 11.7 Å². The first-order chi connectivity index (χ1) is 8.67. The van der Waals surface area contributed by atoms with E-state index in [-0.39, 0.29) is 0 Å². The van der Waals surface area contributed by atoms with Crippen LogP contribution in [0.2, 0.25) is 0 Å². The summed E-state index contributed by atoms with van der Waals surface area (Å²) in [5.74, 6) is 1.18. The van der Waals surface area contributed by atoms with Gasteiger partial charge in [0, 0.05) is 0 Å². The summed E-state index contributed by atoms with van der Waals surface area (Å²) in [7, 11) is 0. The maximum atomic E-state index is 6.38. The van der Waals surface area contributed by atoms with E-state index in [1.165, 1.54) is 6.42 Å². The number of aromatic nitrogens is 3. The van der Waals surface area contributed by atoms with Crippen LogP contribution in [0, 0.1) is 6.92 Å². The molecule has 5 nitrogen and oxygen atoms in total. The molecule has 0 unspecified atom stereocenters. The highest BCUT2D eigenvalue weighted by Crippen LogP contribution is 2.34. The minimum Gasteiger partial charge on any atom is -0.333 e. The lowest BCUT2D eigenvalue weighted by Crippen LogP contribution is -2.39. The average Bonchev–Trinajstić information content (AvgIpc) is 2.98. The number of hydrogen-bond donors (Lipinski definition) is 1. The molecule has 0 bridgehead atoms. The molecule has 1 aliphatic carbocycles. The van der Waals surface area contributed by atoms with Crippen LogP contribution in [0.3, 0.4) is 0 Å². The van der Waals surface area contributed by atoms with Gasteiger partial charge in [0.2, 0.25) is 0 Å². The minimum atomic E-state index is -0.403. The molecule has 1 fully saturated rings. The summed E-state index contributed by atoms with van der Waals surface area (Å²) < 4.78 is 5.31. The number of thiazole rings is 1. The van der Waals surface area contributed by atoms with Gasteiger partial charge in [0.25, 0.3) is 5.89 Å². The Bertz CT molecular complexity index is 542. The summed E-state index contributed by atoms with van der Waals surface area (Å²) in [6.07, 6.45) is 7.17. The van der Waals surface area contributed by atoms with Crippen LogP contribution < -0.4 is 5.73 Å². The summed E-state index contributed by atoms with van der Waals surface area (Å²) in [5, 5.41) is 5.06. The smallest absolute Gasteiger partial charge is 0.269 e. The van der Waals surface area contributed by atoms with E-state index in [1.807, 2.05) is 6.92 Å². The first-order valence-corrected chi connectivity index (χ1v) is 7.05. The zero-order valence-corrected chi connectivity index (χ0v) is 11.2. The molecule has 1 aliphatic rings. The fourth-order valence-corrected chi connectivity index (χ4v) is 3.09. The number of aryl methyl sites for hydroxylation is 1. The fraction of sp³-hybridized carbons (Fsp3) is 0.583. The van der Waals surface area contributed by atoms with E-state index >= 15 is 0 Å². The summed E-state index contributed by atoms with van der Waals surface area (Å²) in [4.78, 5) is 9.56. The van der Waals surface area contributed by atoms with Crippen molar-refractivity contribution in [2.24, 2.45) is 5.73 Å². The van der Waals surface area contributed by atoms with Gasteiger partial charge in [0.15, 0.2) is 5.82 Å². The number of rotatable bonds is 2. The van der Waals surface area contributed by atoms with Crippen molar-refractivity contribution >= 4 is 11.3 Å². The monoisotopic (exact) mass is 264 g/mol. The van der Waals surface area contributed by atoms with Gasteiger partial charge in [0.1, 0.15) is 4.88 Å². The van der Waals surface area contributed by atoms with Crippen molar-refractivity contribution in [3.63, 3.8) is 0 Å². The maximum absolute atomic E-state index is 6.38. The molecule has 1 saturated carbocycles. The van der Waals surface area contributed by atoms with Crippen LogP contribution in [0.4, 0.5) is 0 Å². The van der Waals surface area contributed by atoms with Gasteiger partial charge < -0.3 is 10.3 Å². The molecule has 0 radical (unpaired) electrons. The SMILES string of the molecule is Cc1ncc(-c2nc(C3(N)CCCCC3)no2)s1. The lowest BCUT2D eigenvalue weighted by Gasteiger charge is -2.29. The Morgan fingerprint density at radius 3 is 2.78 bits per heavy atom. The van der Waals surface area contributed by atoms with Crippen molar-refractivity contribution in [3.8, 4) is 10.8 Å². The Hall–Kier alpha value is -1.27. The van der Waals surface area contributed by atoms with Crippen molar-refractivity contribution in [2.75, 3.05) is 0 Å². The van der Waals surface area contributed by atoms with Crippen LogP contribution in [-0.2, 0) is 5.54 Å². The minimum absolute atomic E-state index is 0.403. The highest BCUT2D eigenvalue weighted by molar-refractivity contribution is 7.14. The second kappa shape index (κ2) is 4.44. The molecule has 0 aliphatic heterocycles. The molecule has 0 saturated heterocycles. The average molecular weight is 264 g/mol. The van der Waals surface area contributed by atoms with Gasteiger partial charge in [-0.1, -0.05) is 24.4 Å². The topological polar surface area (TPSA) is 77.8 Å². The van der Waals surface area contributed by atoms with Crippen LogP contribution in [-0.4, -0.2) is 15.1 Å². The molecule has 0 aromatic carbocycles. The molecule has 96 valence electrons. The number of nitrogens with zero attached hydrogens (tertiary/aromatic N) is 3. The quantitative estimate of drug-likeness (QED) is 0.902. The number of hydrogen-bond acceptors (Lipinski definition) is 6. The maximum Gasteiger partial charge on any atom is 0.269 e. The Balaban J connectivity index is 1.89. The molecular formula is C12H16N4OS. The third kappa shape index (κ3) is 2.06. The van der Waals surface area contributed by atoms with Crippen LogP contribution in [0.15, 0.2) is 10.7 Å². The zero-order valence-electron chi connectivity index (χ0n) is 10.3. The summed E-state index contributed by atoms with van der Waals surface area (Å²) in [6.45, 7) is 1.96. The van der Waals surface area contributed by atoms with Gasteiger partial charge in [-0.05, 0) is 19.8 Å². The van der Waals surface area contributed by atoms with E-state index in [9.17, 15) is 0 Å². The summed E-state index contributed by atoms with van der Waals surface area (Å²) in [6, 6.07) is 0. The predicted molar refractivity (Wildman–Crippen MR) is 69.1 cm³/mol. The van der Waals surface area contributed by atoms with Gasteiger partial charge in [0.05, 0.1) is 16.7 Å². The lowest BCUT2D eigenvalue weighted by molar-refractivity contribution is 0.275. The Morgan fingerprint density at radius 1 is 1.33 bits per heavy atom. The van der Waals surface area contributed by atoms with Crippen molar-refractivity contribution in [3.05, 3.63) is 17.0 Å². The van der Waals surface area contributed by atoms with E-state index < -0.39 is 5.54 Å². The van der Waals surface area contributed by atoms with Crippen molar-refractivity contribution in [2.45, 2.75) is 44.6 Å². The highest BCUT2D eigenvalue weighted by Gasteiger charge is 2.34. The van der Waals surface area contributed by atoms with Crippen LogP contribution in [0.5, 0.6) is 0 Å². The normalized spacial score (nSPS) is 19.0. The molecular weight excluding hydrogens is 248 g/mol.